The van der Waals surface area contributed by atoms with Crippen molar-refractivity contribution in [2.24, 2.45) is 51.3 Å². The number of nitrogens with zero attached hydrogens (tertiary/aromatic N) is 3. The molecular formula is C57H92N10O12S. The lowest BCUT2D eigenvalue weighted by atomic mass is 9.80. The lowest BCUT2D eigenvalue weighted by Gasteiger charge is -2.33. The molecule has 6 amide bonds. The second-order valence-electron chi connectivity index (χ2n) is 23.0. The molecule has 22 nitrogen and oxygen atoms in total. The maximum atomic E-state index is 14.9. The van der Waals surface area contributed by atoms with E-state index in [0.29, 0.717) is 69.4 Å². The molecule has 0 spiro atoms. The molecule has 2 aliphatic heterocycles. The highest BCUT2D eigenvalue weighted by molar-refractivity contribution is 7.80. The van der Waals surface area contributed by atoms with E-state index < -0.39 is 106 Å². The summed E-state index contributed by atoms with van der Waals surface area (Å²) in [7, 11) is 0. The predicted octanol–water partition coefficient (Wildman–Crippen LogP) is 3.08. The zero-order valence-corrected chi connectivity index (χ0v) is 48.9. The number of unbranched alkanes of at least 4 members (excludes halogenated alkanes) is 2. The number of benzene rings is 1. The van der Waals surface area contributed by atoms with Gasteiger partial charge in [0.25, 0.3) is 0 Å². The van der Waals surface area contributed by atoms with Gasteiger partial charge in [-0.1, -0.05) is 46.8 Å². The smallest absolute Gasteiger partial charge is 0.306 e. The molecule has 80 heavy (non-hydrogen) atoms. The van der Waals surface area contributed by atoms with Crippen molar-refractivity contribution in [1.29, 1.82) is 0 Å². The number of aliphatic imine (C=N–C) groups is 1. The Hall–Kier alpha value is -6.10. The molecule has 448 valence electrons. The van der Waals surface area contributed by atoms with Crippen molar-refractivity contribution in [2.45, 2.75) is 187 Å². The summed E-state index contributed by atoms with van der Waals surface area (Å²) in [5.41, 5.74) is 16.8. The molecule has 2 heterocycles. The SMILES string of the molecule is CC(=O)N[C@@H](CCCCNC(=O)CCS)C(=O)N1CCC[C@H]1C(=O)N[C@@H](CCCCN)C(=O)C[C@@H](CCCN=C(N)N)C(=O)N1CCC[C@H]1C(=O)C[C@@H](Cc1ccc(O)cc1)C(=O)N[C@H](C(=O)C[C@@H](CC(C)C)C(=O)O)C(C)(C)C. The number of hydrogen-bond acceptors (Lipinski definition) is 14. The predicted molar refractivity (Wildman–Crippen MR) is 307 cm³/mol. The van der Waals surface area contributed by atoms with Crippen molar-refractivity contribution in [3.05, 3.63) is 29.8 Å². The first-order valence-electron chi connectivity index (χ1n) is 28.5. The van der Waals surface area contributed by atoms with E-state index in [1.807, 2.05) is 13.8 Å². The minimum absolute atomic E-state index is 0.00350. The highest BCUT2D eigenvalue weighted by atomic mass is 32.1. The topological polar surface area (TPSA) is 356 Å². The van der Waals surface area contributed by atoms with Gasteiger partial charge in [0, 0.05) is 70.6 Å². The lowest BCUT2D eigenvalue weighted by molar-refractivity contribution is -0.145. The van der Waals surface area contributed by atoms with Crippen LogP contribution in [0.1, 0.15) is 156 Å². The van der Waals surface area contributed by atoms with E-state index in [4.69, 9.17) is 17.2 Å². The summed E-state index contributed by atoms with van der Waals surface area (Å²) in [5.74, 6) is -7.87. The summed E-state index contributed by atoms with van der Waals surface area (Å²) < 4.78 is 0. The van der Waals surface area contributed by atoms with Gasteiger partial charge in [-0.25, -0.2) is 0 Å². The molecule has 2 aliphatic rings. The fraction of sp³-hybridized carbons (Fsp3) is 0.702. The molecule has 0 radical (unpaired) electrons. The van der Waals surface area contributed by atoms with E-state index in [1.54, 1.807) is 32.9 Å². The number of hydrogen-bond donors (Lipinski definition) is 10. The van der Waals surface area contributed by atoms with Crippen LogP contribution >= 0.6 is 12.6 Å². The minimum Gasteiger partial charge on any atom is -0.508 e. The van der Waals surface area contributed by atoms with Crippen LogP contribution in [0, 0.1) is 29.1 Å². The number of Topliss-reactive ketones (excluding diaryl/α,β-unsaturated/α-hetero) is 3. The number of phenolic OH excluding ortho intramolecular Hbond substituents is 1. The van der Waals surface area contributed by atoms with Gasteiger partial charge in [0.2, 0.25) is 35.4 Å². The number of rotatable bonds is 36. The van der Waals surface area contributed by atoms with Gasteiger partial charge in [-0.2, -0.15) is 12.6 Å². The number of phenols is 1. The molecule has 23 heteroatoms. The molecule has 1 aromatic carbocycles. The van der Waals surface area contributed by atoms with Gasteiger partial charge in [0.1, 0.15) is 17.8 Å². The van der Waals surface area contributed by atoms with Crippen LogP contribution in [-0.2, 0) is 54.4 Å². The minimum atomic E-state index is -1.11. The Morgan fingerprint density at radius 3 is 1.95 bits per heavy atom. The quantitative estimate of drug-likeness (QED) is 0.0200. The first-order valence-corrected chi connectivity index (χ1v) is 29.1. The number of nitrogens with one attached hydrogen (secondary N) is 4. The summed E-state index contributed by atoms with van der Waals surface area (Å²) in [6.45, 7) is 11.6. The van der Waals surface area contributed by atoms with Crippen LogP contribution in [0.5, 0.6) is 5.75 Å². The Labute approximate surface area is 477 Å². The molecule has 2 saturated heterocycles. The number of carbonyl (C=O) groups is 10. The number of likely N-dealkylation sites (tertiary alicyclic amines) is 2. The Balaban J connectivity index is 1.90. The van der Waals surface area contributed by atoms with Crippen LogP contribution in [0.25, 0.3) is 0 Å². The van der Waals surface area contributed by atoms with E-state index in [9.17, 15) is 58.2 Å². The average molecular weight is 1140 g/mol. The van der Waals surface area contributed by atoms with Crippen LogP contribution in [0.2, 0.25) is 0 Å². The maximum Gasteiger partial charge on any atom is 0.306 e. The van der Waals surface area contributed by atoms with Crippen molar-refractivity contribution < 1.29 is 58.2 Å². The number of thiol groups is 1. The number of carbonyl (C=O) groups excluding carboxylic acids is 9. The molecule has 0 bridgehead atoms. The van der Waals surface area contributed by atoms with Crippen molar-refractivity contribution in [3.8, 4) is 5.75 Å². The third kappa shape index (κ3) is 23.2. The van der Waals surface area contributed by atoms with Gasteiger partial charge in [0.05, 0.1) is 24.0 Å². The molecule has 0 unspecified atom stereocenters. The average Bonchev–Trinajstić information content (AvgIpc) is 4.09. The van der Waals surface area contributed by atoms with Crippen LogP contribution in [0.3, 0.4) is 0 Å². The third-order valence-corrected chi connectivity index (χ3v) is 14.9. The first kappa shape index (κ1) is 68.2. The van der Waals surface area contributed by atoms with Crippen LogP contribution < -0.4 is 38.5 Å². The van der Waals surface area contributed by atoms with Gasteiger partial charge >= 0.3 is 5.97 Å². The van der Waals surface area contributed by atoms with E-state index in [-0.39, 0.29) is 114 Å². The molecule has 3 rings (SSSR count). The summed E-state index contributed by atoms with van der Waals surface area (Å²) in [6, 6.07) is 1.10. The molecule has 0 aromatic heterocycles. The van der Waals surface area contributed by atoms with Crippen molar-refractivity contribution in [1.82, 2.24) is 31.1 Å². The highest BCUT2D eigenvalue weighted by Crippen LogP contribution is 2.30. The van der Waals surface area contributed by atoms with E-state index in [1.165, 1.54) is 28.9 Å². The number of aromatic hydroxyl groups is 1. The van der Waals surface area contributed by atoms with Gasteiger partial charge in [0.15, 0.2) is 23.3 Å². The molecule has 0 saturated carbocycles. The summed E-state index contributed by atoms with van der Waals surface area (Å²) >= 11 is 4.08. The standard InChI is InChI=1S/C57H92N10O12S/c1-35(2)30-40(55(78)79)34-48(72)50(57(4,5)6)65-51(74)39(31-37-19-21-41(69)22-20-37)33-47(71)44-17-12-27-66(44)53(76)38(14-11-26-62-56(59)60)32-46(70)42(15-7-9-24-58)64-52(75)45-18-13-28-67(45)54(77)43(63-36(3)68)16-8-10-25-61-49(73)23-29-80/h19-22,35,38-40,42-45,50,69,80H,7-18,23-34,58H2,1-6H3,(H,61,73)(H,63,68)(H,64,75)(H,65,74)(H,78,79)(H4,59,60,62)/t38-,39-,40-,42+,43+,44+,45+,50-/m1/s1. The Morgan fingerprint density at radius 1 is 0.750 bits per heavy atom. The van der Waals surface area contributed by atoms with Gasteiger partial charge in [-0.05, 0) is 131 Å². The lowest BCUT2D eigenvalue weighted by Crippen LogP contribution is -2.55. The zero-order valence-electron chi connectivity index (χ0n) is 48.0. The van der Waals surface area contributed by atoms with Crippen LogP contribution in [0.15, 0.2) is 29.3 Å². The Bertz CT molecular complexity index is 2290. The fourth-order valence-electron chi connectivity index (χ4n) is 10.6. The van der Waals surface area contributed by atoms with E-state index in [2.05, 4.69) is 38.9 Å². The summed E-state index contributed by atoms with van der Waals surface area (Å²) in [4.78, 5) is 144. The van der Waals surface area contributed by atoms with Crippen LogP contribution in [0.4, 0.5) is 0 Å². The zero-order chi connectivity index (χ0) is 59.7. The monoisotopic (exact) mass is 1140 g/mol. The maximum absolute atomic E-state index is 14.9. The first-order chi connectivity index (χ1) is 37.8. The van der Waals surface area contributed by atoms with Crippen molar-refractivity contribution >= 4 is 77.4 Å². The largest absolute Gasteiger partial charge is 0.508 e. The van der Waals surface area contributed by atoms with Crippen LogP contribution in [-0.4, -0.2) is 153 Å². The third-order valence-electron chi connectivity index (χ3n) is 14.7. The Morgan fingerprint density at radius 2 is 1.36 bits per heavy atom. The number of amides is 6. The number of aliphatic carboxylic acids is 1. The number of carboxylic acid groups (broad SMARTS) is 1. The highest BCUT2D eigenvalue weighted by Gasteiger charge is 2.43. The number of ketones is 3. The van der Waals surface area contributed by atoms with Gasteiger partial charge < -0.3 is 58.5 Å². The molecule has 8 atom stereocenters. The second-order valence-corrected chi connectivity index (χ2v) is 23.4. The molecule has 12 N–H and O–H groups in total. The van der Waals surface area contributed by atoms with Gasteiger partial charge in [-0.15, -0.1) is 0 Å². The van der Waals surface area contributed by atoms with Crippen molar-refractivity contribution in [2.75, 3.05) is 38.5 Å². The number of carboxylic acids is 1. The number of guanidine groups is 1. The summed E-state index contributed by atoms with van der Waals surface area (Å²) in [5, 5.41) is 31.3. The fourth-order valence-corrected chi connectivity index (χ4v) is 10.8. The van der Waals surface area contributed by atoms with E-state index >= 15 is 0 Å². The number of nitrogens with two attached hydrogens (primary N) is 3. The van der Waals surface area contributed by atoms with Gasteiger partial charge in [-0.3, -0.25) is 52.9 Å². The molecular weight excluding hydrogens is 1050 g/mol. The molecule has 1 aromatic rings. The van der Waals surface area contributed by atoms with Crippen molar-refractivity contribution in [3.63, 3.8) is 0 Å². The summed E-state index contributed by atoms with van der Waals surface area (Å²) in [6.07, 6.45) is 3.99. The molecule has 2 fully saturated rings. The van der Waals surface area contributed by atoms with E-state index in [0.717, 1.165) is 0 Å². The second kappa shape index (κ2) is 34.2. The Kier molecular flexibility index (Phi) is 29.2. The molecule has 0 aliphatic carbocycles. The normalized spacial score (nSPS) is 17.6.